The molecule has 0 unspecified atom stereocenters. The molecule has 0 aliphatic carbocycles. The van der Waals surface area contributed by atoms with E-state index in [0.717, 1.165) is 0 Å². The molecule has 0 atom stereocenters. The quantitative estimate of drug-likeness (QED) is 0.873. The second kappa shape index (κ2) is 4.55. The van der Waals surface area contributed by atoms with E-state index in [4.69, 9.17) is 17.3 Å². The van der Waals surface area contributed by atoms with E-state index in [1.807, 2.05) is 0 Å². The molecule has 0 fully saturated rings. The lowest BCUT2D eigenvalue weighted by Gasteiger charge is -2.04. The van der Waals surface area contributed by atoms with Gasteiger partial charge in [-0.25, -0.2) is 14.4 Å². The van der Waals surface area contributed by atoms with Crippen LogP contribution in [0, 0.1) is 5.82 Å². The minimum atomic E-state index is -0.373. The normalized spacial score (nSPS) is 10.4. The fraction of sp³-hybridized carbons (Fsp3) is 0.0909. The molecule has 1 heterocycles. The summed E-state index contributed by atoms with van der Waals surface area (Å²) in [5, 5.41) is 0.321. The van der Waals surface area contributed by atoms with Crippen molar-refractivity contribution in [3.63, 3.8) is 0 Å². The fourth-order valence-electron chi connectivity index (χ4n) is 1.35. The van der Waals surface area contributed by atoms with Crippen molar-refractivity contribution < 1.29 is 4.39 Å². The molecule has 0 saturated heterocycles. The average molecular weight is 238 g/mol. The molecule has 16 heavy (non-hydrogen) atoms. The Morgan fingerprint density at radius 3 is 2.75 bits per heavy atom. The Balaban J connectivity index is 2.49. The van der Waals surface area contributed by atoms with Crippen LogP contribution in [0.2, 0.25) is 5.02 Å². The molecule has 0 saturated carbocycles. The van der Waals surface area contributed by atoms with Crippen LogP contribution in [0.15, 0.2) is 30.6 Å². The second-order valence-electron chi connectivity index (χ2n) is 3.22. The first-order valence-electron chi connectivity index (χ1n) is 4.67. The van der Waals surface area contributed by atoms with Crippen LogP contribution in [0.5, 0.6) is 0 Å². The molecule has 2 aromatic rings. The van der Waals surface area contributed by atoms with Gasteiger partial charge in [0.1, 0.15) is 12.1 Å². The van der Waals surface area contributed by atoms with E-state index in [9.17, 15) is 4.39 Å². The fourth-order valence-corrected chi connectivity index (χ4v) is 1.62. The zero-order valence-corrected chi connectivity index (χ0v) is 9.08. The number of hydrogen-bond donors (Lipinski definition) is 1. The standard InChI is InChI=1S/C11H9ClFN3/c12-10-3-7(13)1-2-9(10)11-4-8(5-14)15-6-16-11/h1-4,6H,5,14H2. The highest BCUT2D eigenvalue weighted by Gasteiger charge is 2.06. The maximum absolute atomic E-state index is 12.9. The Labute approximate surface area is 97.1 Å². The van der Waals surface area contributed by atoms with E-state index in [0.29, 0.717) is 28.5 Å². The SMILES string of the molecule is NCc1cc(-c2ccc(F)cc2Cl)ncn1. The first-order chi connectivity index (χ1) is 7.70. The lowest BCUT2D eigenvalue weighted by atomic mass is 10.1. The van der Waals surface area contributed by atoms with Gasteiger partial charge in [-0.2, -0.15) is 0 Å². The molecule has 0 aliphatic rings. The maximum Gasteiger partial charge on any atom is 0.124 e. The summed E-state index contributed by atoms with van der Waals surface area (Å²) in [6.07, 6.45) is 1.41. The van der Waals surface area contributed by atoms with Crippen LogP contribution in [-0.2, 0) is 6.54 Å². The van der Waals surface area contributed by atoms with Gasteiger partial charge >= 0.3 is 0 Å². The zero-order valence-electron chi connectivity index (χ0n) is 8.32. The van der Waals surface area contributed by atoms with Crippen LogP contribution < -0.4 is 5.73 Å². The van der Waals surface area contributed by atoms with E-state index < -0.39 is 0 Å². The highest BCUT2D eigenvalue weighted by Crippen LogP contribution is 2.26. The lowest BCUT2D eigenvalue weighted by Crippen LogP contribution is -2.00. The number of nitrogens with two attached hydrogens (primary N) is 1. The van der Waals surface area contributed by atoms with Crippen LogP contribution in [0.4, 0.5) is 4.39 Å². The summed E-state index contributed by atoms with van der Waals surface area (Å²) >= 11 is 5.93. The molecule has 3 nitrogen and oxygen atoms in total. The van der Waals surface area contributed by atoms with Crippen molar-refractivity contribution >= 4 is 11.6 Å². The Hall–Kier alpha value is -1.52. The van der Waals surface area contributed by atoms with Crippen molar-refractivity contribution in [3.8, 4) is 11.3 Å². The zero-order chi connectivity index (χ0) is 11.5. The molecule has 2 N–H and O–H groups in total. The second-order valence-corrected chi connectivity index (χ2v) is 3.63. The average Bonchev–Trinajstić information content (AvgIpc) is 2.29. The third kappa shape index (κ3) is 2.18. The van der Waals surface area contributed by atoms with E-state index in [2.05, 4.69) is 9.97 Å². The molecule has 0 aliphatic heterocycles. The number of halogens is 2. The minimum Gasteiger partial charge on any atom is -0.325 e. The number of hydrogen-bond acceptors (Lipinski definition) is 3. The summed E-state index contributed by atoms with van der Waals surface area (Å²) < 4.78 is 12.9. The van der Waals surface area contributed by atoms with Crippen molar-refractivity contribution in [2.24, 2.45) is 5.73 Å². The molecule has 0 bridgehead atoms. The Kier molecular flexibility index (Phi) is 3.12. The predicted octanol–water partition coefficient (Wildman–Crippen LogP) is 2.39. The van der Waals surface area contributed by atoms with Gasteiger partial charge in [0.05, 0.1) is 16.4 Å². The van der Waals surface area contributed by atoms with Crippen molar-refractivity contribution in [2.45, 2.75) is 6.54 Å². The van der Waals surface area contributed by atoms with Crippen molar-refractivity contribution in [1.82, 2.24) is 9.97 Å². The van der Waals surface area contributed by atoms with E-state index in [1.165, 1.54) is 18.5 Å². The monoisotopic (exact) mass is 237 g/mol. The van der Waals surface area contributed by atoms with E-state index >= 15 is 0 Å². The number of nitrogens with zero attached hydrogens (tertiary/aromatic N) is 2. The van der Waals surface area contributed by atoms with Crippen LogP contribution >= 0.6 is 11.6 Å². The molecule has 0 amide bonds. The van der Waals surface area contributed by atoms with Crippen LogP contribution in [0.3, 0.4) is 0 Å². The van der Waals surface area contributed by atoms with Gasteiger partial charge in [0.25, 0.3) is 0 Å². The van der Waals surface area contributed by atoms with Crippen molar-refractivity contribution in [2.75, 3.05) is 0 Å². The molecular weight excluding hydrogens is 229 g/mol. The third-order valence-corrected chi connectivity index (χ3v) is 2.45. The van der Waals surface area contributed by atoms with Crippen LogP contribution in [0.25, 0.3) is 11.3 Å². The summed E-state index contributed by atoms with van der Waals surface area (Å²) in [5.74, 6) is -0.373. The molecule has 5 heteroatoms. The molecule has 1 aromatic carbocycles. The highest BCUT2D eigenvalue weighted by atomic mass is 35.5. The Bertz CT molecular complexity index is 516. The molecule has 1 aromatic heterocycles. The first kappa shape index (κ1) is 11.0. The molecule has 2 rings (SSSR count). The summed E-state index contributed by atoms with van der Waals surface area (Å²) in [6.45, 7) is 0.328. The summed E-state index contributed by atoms with van der Waals surface area (Å²) in [4.78, 5) is 8.05. The van der Waals surface area contributed by atoms with Crippen molar-refractivity contribution in [3.05, 3.63) is 47.1 Å². The number of benzene rings is 1. The Morgan fingerprint density at radius 2 is 2.06 bits per heavy atom. The summed E-state index contributed by atoms with van der Waals surface area (Å²) in [5.41, 5.74) is 7.50. The maximum atomic E-state index is 12.9. The van der Waals surface area contributed by atoms with Gasteiger partial charge in [0.2, 0.25) is 0 Å². The van der Waals surface area contributed by atoms with Gasteiger partial charge in [-0.1, -0.05) is 11.6 Å². The lowest BCUT2D eigenvalue weighted by molar-refractivity contribution is 0.628. The predicted molar refractivity (Wildman–Crippen MR) is 60.3 cm³/mol. The Morgan fingerprint density at radius 1 is 1.25 bits per heavy atom. The van der Waals surface area contributed by atoms with Gasteiger partial charge in [-0.05, 0) is 24.3 Å². The minimum absolute atomic E-state index is 0.321. The first-order valence-corrected chi connectivity index (χ1v) is 5.05. The van der Waals surface area contributed by atoms with Crippen molar-refractivity contribution in [1.29, 1.82) is 0 Å². The van der Waals surface area contributed by atoms with Gasteiger partial charge in [-0.15, -0.1) is 0 Å². The van der Waals surface area contributed by atoms with E-state index in [1.54, 1.807) is 12.1 Å². The van der Waals surface area contributed by atoms with E-state index in [-0.39, 0.29) is 5.82 Å². The smallest absolute Gasteiger partial charge is 0.124 e. The van der Waals surface area contributed by atoms with Gasteiger partial charge in [0, 0.05) is 12.1 Å². The van der Waals surface area contributed by atoms with Gasteiger partial charge < -0.3 is 5.73 Å². The third-order valence-electron chi connectivity index (χ3n) is 2.14. The number of rotatable bonds is 2. The molecule has 0 spiro atoms. The highest BCUT2D eigenvalue weighted by molar-refractivity contribution is 6.33. The van der Waals surface area contributed by atoms with Gasteiger partial charge in [0.15, 0.2) is 0 Å². The van der Waals surface area contributed by atoms with Crippen LogP contribution in [-0.4, -0.2) is 9.97 Å². The van der Waals surface area contributed by atoms with Gasteiger partial charge in [-0.3, -0.25) is 0 Å². The van der Waals surface area contributed by atoms with Crippen LogP contribution in [0.1, 0.15) is 5.69 Å². The number of aromatic nitrogens is 2. The topological polar surface area (TPSA) is 51.8 Å². The largest absolute Gasteiger partial charge is 0.325 e. The summed E-state index contributed by atoms with van der Waals surface area (Å²) in [6, 6.07) is 5.91. The molecular formula is C11H9ClFN3. The summed E-state index contributed by atoms with van der Waals surface area (Å²) in [7, 11) is 0. The molecule has 82 valence electrons. The molecule has 0 radical (unpaired) electrons.